The lowest BCUT2D eigenvalue weighted by atomic mass is 10.1. The molecule has 1 aromatic rings. The minimum absolute atomic E-state index is 0.0976. The fourth-order valence-electron chi connectivity index (χ4n) is 1.51. The van der Waals surface area contributed by atoms with Gasteiger partial charge in [0.1, 0.15) is 12.2 Å². The Morgan fingerprint density at radius 2 is 2.27 bits per heavy atom. The predicted molar refractivity (Wildman–Crippen MR) is 50.8 cm³/mol. The van der Waals surface area contributed by atoms with Crippen molar-refractivity contribution in [1.82, 2.24) is 10.2 Å². The van der Waals surface area contributed by atoms with Gasteiger partial charge in [-0.25, -0.2) is 0 Å². The van der Waals surface area contributed by atoms with Gasteiger partial charge >= 0.3 is 0 Å². The summed E-state index contributed by atoms with van der Waals surface area (Å²) in [6, 6.07) is 0.0976. The van der Waals surface area contributed by atoms with Crippen LogP contribution in [0, 0.1) is 0 Å². The summed E-state index contributed by atoms with van der Waals surface area (Å²) in [6.45, 7) is 2.09. The molecule has 0 unspecified atom stereocenters. The summed E-state index contributed by atoms with van der Waals surface area (Å²) < 4.78 is 10.7. The highest BCUT2D eigenvalue weighted by Crippen LogP contribution is 2.27. The van der Waals surface area contributed by atoms with Gasteiger partial charge in [0.05, 0.1) is 6.61 Å². The summed E-state index contributed by atoms with van der Waals surface area (Å²) in [4.78, 5) is 0. The molecule has 3 atom stereocenters. The molecule has 0 aliphatic carbocycles. The van der Waals surface area contributed by atoms with Crippen molar-refractivity contribution in [2.24, 2.45) is 5.73 Å². The lowest BCUT2D eigenvalue weighted by molar-refractivity contribution is -0.0130. The van der Waals surface area contributed by atoms with Crippen LogP contribution in [0.4, 0.5) is 0 Å². The Balaban J connectivity index is 2.03. The van der Waals surface area contributed by atoms with Crippen LogP contribution in [0.3, 0.4) is 0 Å². The van der Waals surface area contributed by atoms with E-state index in [2.05, 4.69) is 10.2 Å². The Hall–Kier alpha value is -0.980. The van der Waals surface area contributed by atoms with Crippen LogP contribution in [0.25, 0.3) is 0 Å². The van der Waals surface area contributed by atoms with Crippen molar-refractivity contribution in [3.63, 3.8) is 0 Å². The third-order valence-corrected chi connectivity index (χ3v) is 2.40. The average Bonchev–Trinajstić information content (AvgIpc) is 2.68. The van der Waals surface area contributed by atoms with E-state index in [1.807, 2.05) is 0 Å². The van der Waals surface area contributed by atoms with Crippen LogP contribution in [0.2, 0.25) is 0 Å². The molecule has 6 heteroatoms. The lowest BCUT2D eigenvalue weighted by Crippen LogP contribution is -2.32. The second-order valence-electron chi connectivity index (χ2n) is 3.81. The van der Waals surface area contributed by atoms with Gasteiger partial charge in [-0.2, -0.15) is 0 Å². The van der Waals surface area contributed by atoms with Crippen LogP contribution in [0.1, 0.15) is 43.8 Å². The zero-order chi connectivity index (χ0) is 10.8. The maximum absolute atomic E-state index is 9.22. The molecule has 1 aliphatic heterocycles. The van der Waals surface area contributed by atoms with Crippen molar-refractivity contribution in [1.29, 1.82) is 0 Å². The molecule has 0 amide bonds. The van der Waals surface area contributed by atoms with Gasteiger partial charge < -0.3 is 20.0 Å². The second-order valence-corrected chi connectivity index (χ2v) is 3.81. The van der Waals surface area contributed by atoms with E-state index < -0.39 is 6.10 Å². The maximum Gasteiger partial charge on any atom is 0.245 e. The molecule has 3 N–H and O–H groups in total. The molecule has 0 spiro atoms. The first-order chi connectivity index (χ1) is 7.16. The molecular formula is C9H15N3O3. The summed E-state index contributed by atoms with van der Waals surface area (Å²) in [7, 11) is 0. The third-order valence-electron chi connectivity index (χ3n) is 2.40. The average molecular weight is 213 g/mol. The molecule has 0 saturated carbocycles. The van der Waals surface area contributed by atoms with Crippen LogP contribution in [0.5, 0.6) is 0 Å². The van der Waals surface area contributed by atoms with Crippen molar-refractivity contribution < 1.29 is 14.3 Å². The molecule has 0 radical (unpaired) electrons. The first-order valence-corrected chi connectivity index (χ1v) is 5.05. The summed E-state index contributed by atoms with van der Waals surface area (Å²) in [6.07, 6.45) is 0.751. The molecule has 0 bridgehead atoms. The van der Waals surface area contributed by atoms with Gasteiger partial charge in [0.2, 0.25) is 11.8 Å². The molecule has 84 valence electrons. The Labute approximate surface area is 87.4 Å². The Bertz CT molecular complexity index is 318. The summed E-state index contributed by atoms with van der Waals surface area (Å²) >= 11 is 0. The standard InChI is InChI=1S/C9H15N3O3/c1-5(13)8-11-12-9(15-8)7-3-2-6(10)4-14-7/h5-7,13H,2-4,10H2,1H3/t5-,6-,7+/m1/s1. The van der Waals surface area contributed by atoms with E-state index in [0.29, 0.717) is 12.5 Å². The predicted octanol–water partition coefficient (Wildman–Crippen LogP) is 0.302. The van der Waals surface area contributed by atoms with Crippen LogP contribution in [-0.2, 0) is 4.74 Å². The van der Waals surface area contributed by atoms with Crippen LogP contribution >= 0.6 is 0 Å². The van der Waals surface area contributed by atoms with Crippen LogP contribution in [0.15, 0.2) is 4.42 Å². The van der Waals surface area contributed by atoms with E-state index in [-0.39, 0.29) is 18.0 Å². The van der Waals surface area contributed by atoms with E-state index >= 15 is 0 Å². The Morgan fingerprint density at radius 3 is 2.80 bits per heavy atom. The van der Waals surface area contributed by atoms with Crippen molar-refractivity contribution in [3.8, 4) is 0 Å². The molecule has 1 saturated heterocycles. The topological polar surface area (TPSA) is 94.4 Å². The minimum Gasteiger partial charge on any atom is -0.420 e. The Kier molecular flexibility index (Phi) is 2.99. The molecule has 6 nitrogen and oxygen atoms in total. The quantitative estimate of drug-likeness (QED) is 0.733. The first-order valence-electron chi connectivity index (χ1n) is 5.05. The monoisotopic (exact) mass is 213 g/mol. The second kappa shape index (κ2) is 4.26. The van der Waals surface area contributed by atoms with Crippen LogP contribution in [-0.4, -0.2) is 28.0 Å². The van der Waals surface area contributed by atoms with Gasteiger partial charge in [-0.05, 0) is 19.8 Å². The fraction of sp³-hybridized carbons (Fsp3) is 0.778. The number of nitrogens with two attached hydrogens (primary N) is 1. The molecular weight excluding hydrogens is 198 g/mol. The molecule has 1 aliphatic rings. The number of hydrogen-bond acceptors (Lipinski definition) is 6. The summed E-state index contributed by atoms with van der Waals surface area (Å²) in [5, 5.41) is 16.8. The molecule has 15 heavy (non-hydrogen) atoms. The van der Waals surface area contributed by atoms with Gasteiger partial charge in [0.15, 0.2) is 0 Å². The van der Waals surface area contributed by atoms with Gasteiger partial charge in [0.25, 0.3) is 0 Å². The Morgan fingerprint density at radius 1 is 1.47 bits per heavy atom. The highest BCUT2D eigenvalue weighted by Gasteiger charge is 2.25. The van der Waals surface area contributed by atoms with E-state index in [1.165, 1.54) is 0 Å². The van der Waals surface area contributed by atoms with E-state index in [0.717, 1.165) is 12.8 Å². The largest absolute Gasteiger partial charge is 0.420 e. The van der Waals surface area contributed by atoms with Crippen molar-refractivity contribution in [3.05, 3.63) is 11.8 Å². The first kappa shape index (κ1) is 10.5. The number of aromatic nitrogens is 2. The number of ether oxygens (including phenoxy) is 1. The van der Waals surface area contributed by atoms with Crippen molar-refractivity contribution >= 4 is 0 Å². The molecule has 0 aromatic carbocycles. The van der Waals surface area contributed by atoms with Gasteiger partial charge in [0, 0.05) is 6.04 Å². The number of aliphatic hydroxyl groups is 1. The molecule has 1 aromatic heterocycles. The highest BCUT2D eigenvalue weighted by atomic mass is 16.5. The van der Waals surface area contributed by atoms with Crippen LogP contribution < -0.4 is 5.73 Å². The SMILES string of the molecule is C[C@@H](O)c1nnc([C@@H]2CC[C@@H](N)CO2)o1. The number of aliphatic hydroxyl groups excluding tert-OH is 1. The normalized spacial score (nSPS) is 29.0. The van der Waals surface area contributed by atoms with E-state index in [4.69, 9.17) is 14.9 Å². The van der Waals surface area contributed by atoms with Gasteiger partial charge in [-0.1, -0.05) is 0 Å². The third kappa shape index (κ3) is 2.34. The fourth-order valence-corrected chi connectivity index (χ4v) is 1.51. The minimum atomic E-state index is -0.739. The molecule has 2 rings (SSSR count). The van der Waals surface area contributed by atoms with E-state index in [1.54, 1.807) is 6.92 Å². The summed E-state index contributed by atoms with van der Waals surface area (Å²) in [5.74, 6) is 0.654. The smallest absolute Gasteiger partial charge is 0.245 e. The molecule has 2 heterocycles. The number of nitrogens with zero attached hydrogens (tertiary/aromatic N) is 2. The van der Waals surface area contributed by atoms with Gasteiger partial charge in [-0.15, -0.1) is 10.2 Å². The van der Waals surface area contributed by atoms with Crippen molar-refractivity contribution in [2.75, 3.05) is 6.61 Å². The number of hydrogen-bond donors (Lipinski definition) is 2. The highest BCUT2D eigenvalue weighted by molar-refractivity contribution is 4.90. The summed E-state index contributed by atoms with van der Waals surface area (Å²) in [5.41, 5.74) is 5.70. The van der Waals surface area contributed by atoms with E-state index in [9.17, 15) is 5.11 Å². The molecule has 1 fully saturated rings. The lowest BCUT2D eigenvalue weighted by Gasteiger charge is -2.24. The zero-order valence-corrected chi connectivity index (χ0v) is 8.59. The van der Waals surface area contributed by atoms with Crippen molar-refractivity contribution in [2.45, 2.75) is 38.0 Å². The van der Waals surface area contributed by atoms with Gasteiger partial charge in [-0.3, -0.25) is 0 Å². The zero-order valence-electron chi connectivity index (χ0n) is 8.59. The number of rotatable bonds is 2. The maximum atomic E-state index is 9.22.